The van der Waals surface area contributed by atoms with Gasteiger partial charge in [0.05, 0.1) is 0 Å². The van der Waals surface area contributed by atoms with Gasteiger partial charge in [-0.25, -0.2) is 0 Å². The van der Waals surface area contributed by atoms with Crippen molar-refractivity contribution in [3.63, 3.8) is 0 Å². The first-order chi connectivity index (χ1) is 6.34. The van der Waals surface area contributed by atoms with E-state index in [1.807, 2.05) is 0 Å². The second-order valence-electron chi connectivity index (χ2n) is 2.42. The van der Waals surface area contributed by atoms with Crippen molar-refractivity contribution in [3.8, 4) is 11.5 Å². The number of aromatic nitrogens is 1. The molecule has 1 heterocycles. The Balaban J connectivity index is 2.15. The number of nitrogens with zero attached hydrogens (tertiary/aromatic N) is 1. The van der Waals surface area contributed by atoms with E-state index in [2.05, 4.69) is 9.68 Å². The quantitative estimate of drug-likeness (QED) is 0.739. The van der Waals surface area contributed by atoms with Crippen molar-refractivity contribution in [2.75, 3.05) is 0 Å². The molecule has 66 valence electrons. The van der Waals surface area contributed by atoms with E-state index in [4.69, 9.17) is 16.3 Å². The molecule has 0 atom stereocenters. The molecule has 3 nitrogen and oxygen atoms in total. The molecule has 2 aromatic rings. The first-order valence-corrected chi connectivity index (χ1v) is 4.05. The van der Waals surface area contributed by atoms with Crippen LogP contribution in [-0.4, -0.2) is 5.16 Å². The number of hydrogen-bond acceptors (Lipinski definition) is 3. The van der Waals surface area contributed by atoms with Crippen molar-refractivity contribution in [2.24, 2.45) is 0 Å². The molecule has 0 spiro atoms. The highest BCUT2D eigenvalue weighted by Crippen LogP contribution is 2.21. The summed E-state index contributed by atoms with van der Waals surface area (Å²) in [7, 11) is 0. The molecule has 0 aliphatic rings. The van der Waals surface area contributed by atoms with Crippen molar-refractivity contribution in [1.29, 1.82) is 0 Å². The van der Waals surface area contributed by atoms with Gasteiger partial charge in [-0.1, -0.05) is 16.8 Å². The Kier molecular flexibility index (Phi) is 2.19. The molecule has 1 aromatic heterocycles. The summed E-state index contributed by atoms with van der Waals surface area (Å²) < 4.78 is 9.97. The van der Waals surface area contributed by atoms with E-state index in [0.717, 1.165) is 0 Å². The van der Waals surface area contributed by atoms with Gasteiger partial charge in [0.1, 0.15) is 11.9 Å². The number of hydrogen-bond donors (Lipinski definition) is 0. The second-order valence-corrected chi connectivity index (χ2v) is 2.85. The van der Waals surface area contributed by atoms with Crippen LogP contribution >= 0.6 is 11.6 Å². The summed E-state index contributed by atoms with van der Waals surface area (Å²) in [5.74, 6) is 1.27. The van der Waals surface area contributed by atoms with Gasteiger partial charge >= 0.3 is 0 Å². The molecule has 0 unspecified atom stereocenters. The first-order valence-electron chi connectivity index (χ1n) is 3.67. The van der Waals surface area contributed by atoms with Crippen molar-refractivity contribution in [2.45, 2.75) is 0 Å². The van der Waals surface area contributed by atoms with Crippen LogP contribution in [0.4, 0.5) is 0 Å². The zero-order valence-corrected chi connectivity index (χ0v) is 7.36. The lowest BCUT2D eigenvalue weighted by Gasteiger charge is -2.00. The first kappa shape index (κ1) is 8.13. The molecule has 0 amide bonds. The molecule has 13 heavy (non-hydrogen) atoms. The van der Waals surface area contributed by atoms with Gasteiger partial charge in [-0.05, 0) is 24.3 Å². The van der Waals surface area contributed by atoms with E-state index in [0.29, 0.717) is 16.5 Å². The predicted octanol–water partition coefficient (Wildman–Crippen LogP) is 3.12. The van der Waals surface area contributed by atoms with Crippen molar-refractivity contribution >= 4 is 11.6 Å². The molecule has 0 fully saturated rings. The Morgan fingerprint density at radius 3 is 2.54 bits per heavy atom. The minimum absolute atomic E-state index is 0.572. The van der Waals surface area contributed by atoms with Crippen molar-refractivity contribution in [1.82, 2.24) is 5.16 Å². The zero-order chi connectivity index (χ0) is 9.10. The summed E-state index contributed by atoms with van der Waals surface area (Å²) in [6.45, 7) is 0. The van der Waals surface area contributed by atoms with Gasteiger partial charge < -0.3 is 9.26 Å². The Labute approximate surface area is 79.9 Å². The van der Waals surface area contributed by atoms with Crippen LogP contribution in [0.2, 0.25) is 5.02 Å². The molecule has 0 aliphatic heterocycles. The highest BCUT2D eigenvalue weighted by Gasteiger charge is 1.98. The summed E-state index contributed by atoms with van der Waals surface area (Å²) >= 11 is 5.71. The fourth-order valence-corrected chi connectivity index (χ4v) is 1.01. The average Bonchev–Trinajstić information content (AvgIpc) is 2.62. The molecule has 0 bridgehead atoms. The lowest BCUT2D eigenvalue weighted by molar-refractivity contribution is 0.410. The fourth-order valence-electron chi connectivity index (χ4n) is 0.884. The molecule has 0 aliphatic carbocycles. The Bertz CT molecular complexity index is 369. The van der Waals surface area contributed by atoms with Crippen LogP contribution in [0.5, 0.6) is 11.5 Å². The van der Waals surface area contributed by atoms with Gasteiger partial charge in [0.25, 0.3) is 0 Å². The third kappa shape index (κ3) is 2.00. The van der Waals surface area contributed by atoms with Gasteiger partial charge in [0, 0.05) is 5.02 Å². The van der Waals surface area contributed by atoms with Crippen LogP contribution < -0.4 is 4.74 Å². The Hall–Kier alpha value is -1.48. The van der Waals surface area contributed by atoms with E-state index in [-0.39, 0.29) is 0 Å². The molecular weight excluding hydrogens is 190 g/mol. The maximum atomic E-state index is 5.71. The van der Waals surface area contributed by atoms with E-state index in [1.54, 1.807) is 24.3 Å². The van der Waals surface area contributed by atoms with Crippen LogP contribution in [0.15, 0.2) is 41.2 Å². The minimum Gasteiger partial charge on any atom is -0.452 e. The summed E-state index contributed by atoms with van der Waals surface area (Å²) in [6.07, 6.45) is 2.92. The molecule has 4 heteroatoms. The smallest absolute Gasteiger partial charge is 0.186 e. The molecule has 2 rings (SSSR count). The van der Waals surface area contributed by atoms with Gasteiger partial charge in [0.2, 0.25) is 0 Å². The Morgan fingerprint density at radius 2 is 1.92 bits per heavy atom. The molecule has 1 aromatic carbocycles. The summed E-state index contributed by atoms with van der Waals surface area (Å²) in [4.78, 5) is 0. The van der Waals surface area contributed by atoms with Crippen molar-refractivity contribution in [3.05, 3.63) is 41.7 Å². The second kappa shape index (κ2) is 3.49. The van der Waals surface area contributed by atoms with Gasteiger partial charge in [-0.2, -0.15) is 0 Å². The monoisotopic (exact) mass is 195 g/mol. The summed E-state index contributed by atoms with van der Waals surface area (Å²) in [5, 5.41) is 4.19. The Morgan fingerprint density at radius 1 is 1.15 bits per heavy atom. The average molecular weight is 196 g/mol. The number of benzene rings is 1. The maximum Gasteiger partial charge on any atom is 0.186 e. The predicted molar refractivity (Wildman–Crippen MR) is 48.0 cm³/mol. The molecule has 0 saturated heterocycles. The third-order valence-corrected chi connectivity index (χ3v) is 1.71. The van der Waals surface area contributed by atoms with E-state index < -0.39 is 0 Å². The maximum absolute atomic E-state index is 5.71. The van der Waals surface area contributed by atoms with Crippen molar-refractivity contribution < 1.29 is 9.26 Å². The topological polar surface area (TPSA) is 35.3 Å². The molecule has 0 radical (unpaired) electrons. The molecular formula is C9H6ClNO2. The van der Waals surface area contributed by atoms with Crippen LogP contribution in [0.3, 0.4) is 0 Å². The lowest BCUT2D eigenvalue weighted by atomic mass is 10.3. The standard InChI is InChI=1S/C9H6ClNO2/c10-7-1-3-8(4-2-7)13-9-5-11-12-6-9/h1-6H. The normalized spacial score (nSPS) is 9.92. The van der Waals surface area contributed by atoms with Gasteiger partial charge in [-0.15, -0.1) is 0 Å². The highest BCUT2D eigenvalue weighted by atomic mass is 35.5. The third-order valence-electron chi connectivity index (χ3n) is 1.46. The zero-order valence-electron chi connectivity index (χ0n) is 6.61. The summed E-state index contributed by atoms with van der Waals surface area (Å²) in [6, 6.07) is 7.06. The van der Waals surface area contributed by atoms with Gasteiger partial charge in [-0.3, -0.25) is 0 Å². The summed E-state index contributed by atoms with van der Waals surface area (Å²) in [5.41, 5.74) is 0. The molecule has 0 N–H and O–H groups in total. The lowest BCUT2D eigenvalue weighted by Crippen LogP contribution is -1.80. The van der Waals surface area contributed by atoms with Crippen LogP contribution in [-0.2, 0) is 0 Å². The van der Waals surface area contributed by atoms with Crippen LogP contribution in [0.25, 0.3) is 0 Å². The van der Waals surface area contributed by atoms with Crippen LogP contribution in [0.1, 0.15) is 0 Å². The number of rotatable bonds is 2. The van der Waals surface area contributed by atoms with E-state index in [9.17, 15) is 0 Å². The minimum atomic E-state index is 0.572. The van der Waals surface area contributed by atoms with Crippen LogP contribution in [0, 0.1) is 0 Å². The van der Waals surface area contributed by atoms with E-state index >= 15 is 0 Å². The SMILES string of the molecule is Clc1ccc(Oc2cnoc2)cc1. The largest absolute Gasteiger partial charge is 0.452 e. The van der Waals surface area contributed by atoms with Gasteiger partial charge in [0.15, 0.2) is 12.0 Å². The highest BCUT2D eigenvalue weighted by molar-refractivity contribution is 6.30. The van der Waals surface area contributed by atoms with E-state index in [1.165, 1.54) is 12.5 Å². The number of halogens is 1. The fraction of sp³-hybridized carbons (Fsp3) is 0. The molecule has 0 saturated carbocycles. The number of ether oxygens (including phenoxy) is 1.